The van der Waals surface area contributed by atoms with Crippen LogP contribution in [0.1, 0.15) is 74.4 Å². The molecular weight excluding hydrogens is 362 g/mol. The molecule has 2 rings (SSSR count). The zero-order valence-electron chi connectivity index (χ0n) is 18.3. The van der Waals surface area contributed by atoms with Gasteiger partial charge in [-0.2, -0.15) is 0 Å². The van der Waals surface area contributed by atoms with Crippen molar-refractivity contribution in [2.75, 3.05) is 13.7 Å². The average molecular weight is 398 g/mol. The molecule has 0 atom stereocenters. The maximum absolute atomic E-state index is 12.7. The fourth-order valence-corrected chi connectivity index (χ4v) is 3.59. The summed E-state index contributed by atoms with van der Waals surface area (Å²) in [4.78, 5) is 12.7. The van der Waals surface area contributed by atoms with Gasteiger partial charge in [0.15, 0.2) is 0 Å². The number of unbranched alkanes of at least 4 members (excludes halogenated alkanes) is 3. The highest BCUT2D eigenvalue weighted by atomic mass is 16.5. The summed E-state index contributed by atoms with van der Waals surface area (Å²) in [5, 5.41) is 12.3. The van der Waals surface area contributed by atoms with E-state index in [0.717, 1.165) is 29.7 Å². The van der Waals surface area contributed by atoms with E-state index >= 15 is 0 Å². The number of phenolic OH excluding ortho intramolecular Hbond substituents is 1. The molecule has 1 amide bonds. The van der Waals surface area contributed by atoms with Crippen LogP contribution in [0.15, 0.2) is 42.5 Å². The van der Waals surface area contributed by atoms with E-state index in [9.17, 15) is 9.90 Å². The number of carbonyl (C=O) groups is 1. The lowest BCUT2D eigenvalue weighted by Crippen LogP contribution is -2.26. The Kier molecular flexibility index (Phi) is 8.56. The molecule has 0 saturated heterocycles. The van der Waals surface area contributed by atoms with Gasteiger partial charge in [-0.1, -0.05) is 58.6 Å². The minimum absolute atomic E-state index is 0.0542. The molecule has 0 fully saturated rings. The van der Waals surface area contributed by atoms with Gasteiger partial charge in [0.05, 0.1) is 7.11 Å². The highest BCUT2D eigenvalue weighted by Gasteiger charge is 2.25. The van der Waals surface area contributed by atoms with Gasteiger partial charge < -0.3 is 15.2 Å². The number of benzene rings is 2. The standard InChI is InChI=1S/C25H35NO3/c1-5-6-7-8-16-25(2,3)22-18-20(11-14-23(22)29-4)24(28)26-17-15-19-9-12-21(27)13-10-19/h9-14,18,27H,5-8,15-17H2,1-4H3,(H,26,28). The molecule has 2 aromatic rings. The summed E-state index contributed by atoms with van der Waals surface area (Å²) in [5.41, 5.74) is 2.77. The predicted octanol–water partition coefficient (Wildman–Crippen LogP) is 5.62. The zero-order valence-corrected chi connectivity index (χ0v) is 18.3. The lowest BCUT2D eigenvalue weighted by Gasteiger charge is -2.28. The molecule has 4 nitrogen and oxygen atoms in total. The second-order valence-electron chi connectivity index (χ2n) is 8.28. The van der Waals surface area contributed by atoms with E-state index in [1.165, 1.54) is 25.7 Å². The third-order valence-corrected chi connectivity index (χ3v) is 5.48. The Morgan fingerprint density at radius 1 is 1.07 bits per heavy atom. The Morgan fingerprint density at radius 3 is 2.45 bits per heavy atom. The summed E-state index contributed by atoms with van der Waals surface area (Å²) >= 11 is 0. The van der Waals surface area contributed by atoms with Crippen molar-refractivity contribution in [3.8, 4) is 11.5 Å². The van der Waals surface area contributed by atoms with Crippen molar-refractivity contribution in [1.29, 1.82) is 0 Å². The molecule has 0 spiro atoms. The molecule has 0 heterocycles. The van der Waals surface area contributed by atoms with E-state index in [-0.39, 0.29) is 17.1 Å². The van der Waals surface area contributed by atoms with E-state index in [2.05, 4.69) is 26.1 Å². The Bertz CT molecular complexity index is 781. The van der Waals surface area contributed by atoms with Gasteiger partial charge in [-0.25, -0.2) is 0 Å². The van der Waals surface area contributed by atoms with E-state index in [4.69, 9.17) is 4.74 Å². The molecule has 2 aromatic carbocycles. The minimum Gasteiger partial charge on any atom is -0.508 e. The normalized spacial score (nSPS) is 11.3. The number of aromatic hydroxyl groups is 1. The molecule has 158 valence electrons. The number of methoxy groups -OCH3 is 1. The first kappa shape index (κ1) is 22.8. The predicted molar refractivity (Wildman–Crippen MR) is 119 cm³/mol. The third-order valence-electron chi connectivity index (χ3n) is 5.48. The highest BCUT2D eigenvalue weighted by Crippen LogP contribution is 2.36. The van der Waals surface area contributed by atoms with E-state index in [1.807, 2.05) is 30.3 Å². The van der Waals surface area contributed by atoms with Gasteiger partial charge in [0.2, 0.25) is 0 Å². The minimum atomic E-state index is -0.0746. The highest BCUT2D eigenvalue weighted by molar-refractivity contribution is 5.94. The van der Waals surface area contributed by atoms with Gasteiger partial charge in [-0.05, 0) is 54.2 Å². The largest absolute Gasteiger partial charge is 0.508 e. The number of amides is 1. The monoisotopic (exact) mass is 397 g/mol. The Labute approximate surface area is 175 Å². The fraction of sp³-hybridized carbons (Fsp3) is 0.480. The maximum atomic E-state index is 12.7. The number of hydrogen-bond acceptors (Lipinski definition) is 3. The Balaban J connectivity index is 2.03. The second kappa shape index (κ2) is 10.9. The number of hydrogen-bond donors (Lipinski definition) is 2. The summed E-state index contributed by atoms with van der Waals surface area (Å²) in [6, 6.07) is 12.8. The van der Waals surface area contributed by atoms with Crippen molar-refractivity contribution in [2.45, 2.75) is 64.7 Å². The third kappa shape index (κ3) is 6.81. The number of phenols is 1. The van der Waals surface area contributed by atoms with Gasteiger partial charge in [0.25, 0.3) is 5.91 Å². The fourth-order valence-electron chi connectivity index (χ4n) is 3.59. The van der Waals surface area contributed by atoms with Gasteiger partial charge >= 0.3 is 0 Å². The topological polar surface area (TPSA) is 58.6 Å². The molecule has 0 aliphatic heterocycles. The van der Waals surface area contributed by atoms with Crippen LogP contribution in [0.2, 0.25) is 0 Å². The summed E-state index contributed by atoms with van der Waals surface area (Å²) in [6.45, 7) is 7.22. The quantitative estimate of drug-likeness (QED) is 0.484. The Morgan fingerprint density at radius 2 is 1.79 bits per heavy atom. The molecule has 0 aliphatic rings. The number of rotatable bonds is 11. The molecule has 4 heteroatoms. The zero-order chi connectivity index (χ0) is 21.3. The van der Waals surface area contributed by atoms with Gasteiger partial charge in [0, 0.05) is 17.7 Å². The summed E-state index contributed by atoms with van der Waals surface area (Å²) in [6.07, 6.45) is 6.68. The number of ether oxygens (including phenoxy) is 1. The van der Waals surface area contributed by atoms with Crippen LogP contribution in [0.3, 0.4) is 0 Å². The summed E-state index contributed by atoms with van der Waals surface area (Å²) in [5.74, 6) is 1.02. The first-order valence-electron chi connectivity index (χ1n) is 10.6. The average Bonchev–Trinajstić information content (AvgIpc) is 2.72. The summed E-state index contributed by atoms with van der Waals surface area (Å²) < 4.78 is 5.59. The van der Waals surface area contributed by atoms with Gasteiger partial charge in [-0.3, -0.25) is 4.79 Å². The molecule has 0 aromatic heterocycles. The first-order valence-corrected chi connectivity index (χ1v) is 10.6. The molecule has 0 bridgehead atoms. The molecule has 0 saturated carbocycles. The number of carbonyl (C=O) groups excluding carboxylic acids is 1. The molecule has 0 aliphatic carbocycles. The molecule has 0 radical (unpaired) electrons. The lowest BCUT2D eigenvalue weighted by molar-refractivity contribution is 0.0954. The van der Waals surface area contributed by atoms with Crippen LogP contribution in [-0.4, -0.2) is 24.7 Å². The Hall–Kier alpha value is -2.49. The van der Waals surface area contributed by atoms with Crippen molar-refractivity contribution < 1.29 is 14.6 Å². The van der Waals surface area contributed by atoms with Crippen LogP contribution in [-0.2, 0) is 11.8 Å². The number of nitrogens with one attached hydrogen (secondary N) is 1. The van der Waals surface area contributed by atoms with Crippen LogP contribution in [0.25, 0.3) is 0 Å². The SMILES string of the molecule is CCCCCCC(C)(C)c1cc(C(=O)NCCc2ccc(O)cc2)ccc1OC. The van der Waals surface area contributed by atoms with Crippen LogP contribution in [0, 0.1) is 0 Å². The molecule has 29 heavy (non-hydrogen) atoms. The lowest BCUT2D eigenvalue weighted by atomic mass is 9.78. The van der Waals surface area contributed by atoms with Crippen LogP contribution in [0.4, 0.5) is 0 Å². The molecular formula is C25H35NO3. The molecule has 0 unspecified atom stereocenters. The van der Waals surface area contributed by atoms with Crippen LogP contribution >= 0.6 is 0 Å². The van der Waals surface area contributed by atoms with Crippen LogP contribution < -0.4 is 10.1 Å². The van der Waals surface area contributed by atoms with Gasteiger partial charge in [-0.15, -0.1) is 0 Å². The smallest absolute Gasteiger partial charge is 0.251 e. The van der Waals surface area contributed by atoms with Crippen LogP contribution in [0.5, 0.6) is 11.5 Å². The van der Waals surface area contributed by atoms with E-state index < -0.39 is 0 Å². The maximum Gasteiger partial charge on any atom is 0.251 e. The molecule has 2 N–H and O–H groups in total. The van der Waals surface area contributed by atoms with Crippen molar-refractivity contribution in [1.82, 2.24) is 5.32 Å². The van der Waals surface area contributed by atoms with E-state index in [1.54, 1.807) is 19.2 Å². The summed E-state index contributed by atoms with van der Waals surface area (Å²) in [7, 11) is 1.68. The van der Waals surface area contributed by atoms with Crippen molar-refractivity contribution in [3.05, 3.63) is 59.2 Å². The van der Waals surface area contributed by atoms with Crippen molar-refractivity contribution in [2.24, 2.45) is 0 Å². The van der Waals surface area contributed by atoms with E-state index in [0.29, 0.717) is 12.1 Å². The second-order valence-corrected chi connectivity index (χ2v) is 8.28. The van der Waals surface area contributed by atoms with Crippen molar-refractivity contribution in [3.63, 3.8) is 0 Å². The van der Waals surface area contributed by atoms with Crippen molar-refractivity contribution >= 4 is 5.91 Å². The van der Waals surface area contributed by atoms with Gasteiger partial charge in [0.1, 0.15) is 11.5 Å². The first-order chi connectivity index (χ1) is 13.9.